The van der Waals surface area contributed by atoms with Gasteiger partial charge in [0.05, 0.1) is 0 Å². The Morgan fingerprint density at radius 1 is 1.11 bits per heavy atom. The fourth-order valence-electron chi connectivity index (χ4n) is 5.40. The van der Waals surface area contributed by atoms with Gasteiger partial charge in [-0.25, -0.2) is 9.97 Å². The highest BCUT2D eigenvalue weighted by Crippen LogP contribution is 2.38. The van der Waals surface area contributed by atoms with Crippen LogP contribution in [0.3, 0.4) is 0 Å². The van der Waals surface area contributed by atoms with Crippen molar-refractivity contribution in [3.8, 4) is 0 Å². The van der Waals surface area contributed by atoms with Gasteiger partial charge in [-0.2, -0.15) is 0 Å². The smallest absolute Gasteiger partial charge is 0.161 e. The van der Waals surface area contributed by atoms with Crippen molar-refractivity contribution in [3.05, 3.63) is 30.2 Å². The average Bonchev–Trinajstić information content (AvgIpc) is 2.96. The van der Waals surface area contributed by atoms with E-state index in [1.54, 1.807) is 0 Å². The zero-order valence-corrected chi connectivity index (χ0v) is 17.6. The Hall–Kier alpha value is -1.75. The third kappa shape index (κ3) is 3.73. The van der Waals surface area contributed by atoms with Gasteiger partial charge >= 0.3 is 0 Å². The summed E-state index contributed by atoms with van der Waals surface area (Å²) in [7, 11) is 0. The number of hydrogen-bond donors (Lipinski definition) is 0. The van der Waals surface area contributed by atoms with Crippen molar-refractivity contribution in [2.24, 2.45) is 5.92 Å². The number of fused-ring (bicyclic) bond motifs is 2. The van der Waals surface area contributed by atoms with E-state index in [0.717, 1.165) is 50.4 Å². The topological polar surface area (TPSA) is 49.3 Å². The van der Waals surface area contributed by atoms with Crippen LogP contribution in [0.5, 0.6) is 0 Å². The molecule has 3 fully saturated rings. The molecule has 5 nitrogen and oxygen atoms in total. The van der Waals surface area contributed by atoms with E-state index in [2.05, 4.69) is 41.3 Å². The third-order valence-corrected chi connectivity index (χ3v) is 7.05. The molecule has 0 spiro atoms. The summed E-state index contributed by atoms with van der Waals surface area (Å²) in [6.45, 7) is 12.5. The molecule has 152 valence electrons. The molecule has 0 N–H and O–H groups in total. The second-order valence-corrected chi connectivity index (χ2v) is 9.31. The van der Waals surface area contributed by atoms with Gasteiger partial charge < -0.3 is 4.90 Å². The first-order valence-electron chi connectivity index (χ1n) is 11.0. The molecule has 4 rings (SSSR count). The summed E-state index contributed by atoms with van der Waals surface area (Å²) in [5, 5.41) is 0. The second-order valence-electron chi connectivity index (χ2n) is 9.31. The summed E-state index contributed by atoms with van der Waals surface area (Å²) in [4.78, 5) is 27.1. The van der Waals surface area contributed by atoms with E-state index in [0.29, 0.717) is 29.6 Å². The van der Waals surface area contributed by atoms with E-state index >= 15 is 0 Å². The van der Waals surface area contributed by atoms with E-state index in [1.807, 2.05) is 13.1 Å². The number of hydrogen-bond acceptors (Lipinski definition) is 5. The maximum atomic E-state index is 12.2. The van der Waals surface area contributed by atoms with Crippen LogP contribution in [0.1, 0.15) is 71.0 Å². The molecule has 2 atom stereocenters. The van der Waals surface area contributed by atoms with Gasteiger partial charge in [0.25, 0.3) is 0 Å². The van der Waals surface area contributed by atoms with Crippen molar-refractivity contribution >= 4 is 11.6 Å². The van der Waals surface area contributed by atoms with Crippen LogP contribution in [0, 0.1) is 5.92 Å². The first-order valence-corrected chi connectivity index (χ1v) is 11.0. The first kappa shape index (κ1) is 19.6. The Bertz CT molecular complexity index is 724. The van der Waals surface area contributed by atoms with Crippen molar-refractivity contribution in [3.63, 3.8) is 0 Å². The van der Waals surface area contributed by atoms with E-state index < -0.39 is 0 Å². The molecule has 2 bridgehead atoms. The highest BCUT2D eigenvalue weighted by Gasteiger charge is 2.41. The predicted molar refractivity (Wildman–Crippen MR) is 113 cm³/mol. The van der Waals surface area contributed by atoms with E-state index in [4.69, 9.17) is 4.98 Å². The molecule has 0 aromatic carbocycles. The van der Waals surface area contributed by atoms with Gasteiger partial charge in [0.15, 0.2) is 5.78 Å². The Morgan fingerprint density at radius 2 is 1.75 bits per heavy atom. The second kappa shape index (κ2) is 7.94. The number of ketones is 1. The van der Waals surface area contributed by atoms with Crippen LogP contribution >= 0.6 is 0 Å². The highest BCUT2D eigenvalue weighted by molar-refractivity contribution is 5.96. The molecule has 1 aromatic rings. The molecular formula is C23H34N4O. The maximum absolute atomic E-state index is 12.2. The molecule has 1 saturated carbocycles. The first-order chi connectivity index (χ1) is 13.4. The molecule has 2 saturated heterocycles. The largest absolute Gasteiger partial charge is 0.348 e. The number of likely N-dealkylation sites (tertiary alicyclic amines) is 1. The van der Waals surface area contributed by atoms with Gasteiger partial charge in [-0.3, -0.25) is 9.69 Å². The molecule has 1 aromatic heterocycles. The monoisotopic (exact) mass is 382 g/mol. The summed E-state index contributed by atoms with van der Waals surface area (Å²) in [6, 6.07) is 3.86. The minimum Gasteiger partial charge on any atom is -0.348 e. The summed E-state index contributed by atoms with van der Waals surface area (Å²) >= 11 is 0. The van der Waals surface area contributed by atoms with Gasteiger partial charge in [-0.05, 0) is 70.9 Å². The number of anilines is 1. The maximum Gasteiger partial charge on any atom is 0.161 e. The molecule has 2 aliphatic heterocycles. The number of piperazine rings is 1. The Balaban J connectivity index is 1.45. The molecule has 2 unspecified atom stereocenters. The standard InChI is InChI=1S/C23H34N4O/c1-15(2)22(28)17-5-7-18(8-6-17)23-24-12-11-21(25-23)27-19-9-10-20(27)14-26(13-19)16(3)4/h11-12,16-20H,1,5-10,13-14H2,2-4H3. The van der Waals surface area contributed by atoms with Crippen LogP contribution in [0.2, 0.25) is 0 Å². The zero-order valence-electron chi connectivity index (χ0n) is 17.6. The van der Waals surface area contributed by atoms with Gasteiger partial charge in [0.1, 0.15) is 11.6 Å². The number of aromatic nitrogens is 2. The van der Waals surface area contributed by atoms with Crippen molar-refractivity contribution < 1.29 is 4.79 Å². The lowest BCUT2D eigenvalue weighted by Crippen LogP contribution is -2.55. The SMILES string of the molecule is C=C(C)C(=O)C1CCC(c2nccc(N3C4CCC3CN(C(C)C)C4)n2)CC1. The summed E-state index contributed by atoms with van der Waals surface area (Å²) in [5.41, 5.74) is 0.692. The lowest BCUT2D eigenvalue weighted by atomic mass is 9.78. The Labute approximate surface area is 169 Å². The molecule has 1 aliphatic carbocycles. The van der Waals surface area contributed by atoms with Crippen LogP contribution in [0.4, 0.5) is 5.82 Å². The normalized spacial score (nSPS) is 30.6. The van der Waals surface area contributed by atoms with Gasteiger partial charge in [-0.15, -0.1) is 0 Å². The number of rotatable bonds is 5. The van der Waals surface area contributed by atoms with Crippen molar-refractivity contribution in [2.45, 2.75) is 83.3 Å². The van der Waals surface area contributed by atoms with Crippen molar-refractivity contribution in [1.82, 2.24) is 14.9 Å². The van der Waals surface area contributed by atoms with E-state index in [-0.39, 0.29) is 11.7 Å². The minimum atomic E-state index is 0.150. The third-order valence-electron chi connectivity index (χ3n) is 7.05. The van der Waals surface area contributed by atoms with Gasteiger partial charge in [0, 0.05) is 49.2 Å². The Kier molecular flexibility index (Phi) is 5.55. The quantitative estimate of drug-likeness (QED) is 0.722. The average molecular weight is 383 g/mol. The number of carbonyl (C=O) groups is 1. The number of nitrogens with zero attached hydrogens (tertiary/aromatic N) is 4. The molecular weight excluding hydrogens is 348 g/mol. The summed E-state index contributed by atoms with van der Waals surface area (Å²) in [5.74, 6) is 2.86. The zero-order chi connectivity index (χ0) is 19.8. The van der Waals surface area contributed by atoms with Gasteiger partial charge in [-0.1, -0.05) is 6.58 Å². The predicted octanol–water partition coefficient (Wildman–Crippen LogP) is 3.96. The van der Waals surface area contributed by atoms with E-state index in [9.17, 15) is 4.79 Å². The van der Waals surface area contributed by atoms with Crippen molar-refractivity contribution in [1.29, 1.82) is 0 Å². The molecule has 5 heteroatoms. The van der Waals surface area contributed by atoms with Crippen LogP contribution < -0.4 is 4.90 Å². The van der Waals surface area contributed by atoms with E-state index in [1.165, 1.54) is 12.8 Å². The van der Waals surface area contributed by atoms with Gasteiger partial charge in [0.2, 0.25) is 0 Å². The van der Waals surface area contributed by atoms with Crippen LogP contribution in [-0.4, -0.2) is 51.9 Å². The molecule has 3 heterocycles. The fourth-order valence-corrected chi connectivity index (χ4v) is 5.40. The molecule has 0 amide bonds. The van der Waals surface area contributed by atoms with Crippen LogP contribution in [-0.2, 0) is 4.79 Å². The minimum absolute atomic E-state index is 0.150. The Morgan fingerprint density at radius 3 is 2.32 bits per heavy atom. The molecule has 3 aliphatic rings. The lowest BCUT2D eigenvalue weighted by molar-refractivity contribution is -0.120. The van der Waals surface area contributed by atoms with Crippen LogP contribution in [0.25, 0.3) is 0 Å². The van der Waals surface area contributed by atoms with Crippen molar-refractivity contribution in [2.75, 3.05) is 18.0 Å². The van der Waals surface area contributed by atoms with Crippen LogP contribution in [0.15, 0.2) is 24.4 Å². The summed E-state index contributed by atoms with van der Waals surface area (Å²) < 4.78 is 0. The number of Topliss-reactive ketones (excluding diaryl/α,β-unsaturated/α-hetero) is 1. The number of allylic oxidation sites excluding steroid dienone is 1. The molecule has 28 heavy (non-hydrogen) atoms. The highest BCUT2D eigenvalue weighted by atomic mass is 16.1. The summed E-state index contributed by atoms with van der Waals surface area (Å²) in [6.07, 6.45) is 8.34. The lowest BCUT2D eigenvalue weighted by Gasteiger charge is -2.43. The molecule has 0 radical (unpaired) electrons. The number of carbonyl (C=O) groups excluding carboxylic acids is 1. The fraction of sp³-hybridized carbons (Fsp3) is 0.696.